The second-order valence-electron chi connectivity index (χ2n) is 6.18. The van der Waals surface area contributed by atoms with Crippen molar-refractivity contribution >= 4 is 39.1 Å². The lowest BCUT2D eigenvalue weighted by molar-refractivity contribution is 0.0954. The molecular weight excluding hydrogens is 390 g/mol. The number of thiophene rings is 1. The van der Waals surface area contributed by atoms with E-state index in [2.05, 4.69) is 10.3 Å². The molecule has 4 rings (SSSR count). The van der Waals surface area contributed by atoms with Crippen LogP contribution in [0, 0.1) is 6.92 Å². The van der Waals surface area contributed by atoms with E-state index < -0.39 is 0 Å². The number of amides is 1. The van der Waals surface area contributed by atoms with Crippen LogP contribution in [0.5, 0.6) is 11.5 Å². The molecule has 0 radical (unpaired) electrons. The lowest BCUT2D eigenvalue weighted by Crippen LogP contribution is -2.23. The lowest BCUT2D eigenvalue weighted by atomic mass is 10.1. The molecule has 9 heteroatoms. The summed E-state index contributed by atoms with van der Waals surface area (Å²) in [5, 5.41) is 3.80. The van der Waals surface area contributed by atoms with Crippen molar-refractivity contribution in [1.82, 2.24) is 14.9 Å². The fourth-order valence-electron chi connectivity index (χ4n) is 2.95. The first-order valence-electron chi connectivity index (χ1n) is 8.26. The zero-order valence-electron chi connectivity index (χ0n) is 14.7. The van der Waals surface area contributed by atoms with Crippen molar-refractivity contribution in [2.75, 3.05) is 13.2 Å². The van der Waals surface area contributed by atoms with Crippen LogP contribution in [-0.4, -0.2) is 28.7 Å². The standard InChI is InChI=1S/C18H16ClN3O4S/c1-9-13-17(21-8-22(2)18(13)24)27-15(9)16(23)20-7-10-5-11(19)14-12(6-10)25-3-4-26-14/h5-6,8H,3-4,7H2,1-2H3,(H,20,23). The van der Waals surface area contributed by atoms with Gasteiger partial charge in [0.2, 0.25) is 0 Å². The number of aryl methyl sites for hydroxylation is 2. The number of rotatable bonds is 3. The highest BCUT2D eigenvalue weighted by Crippen LogP contribution is 2.38. The van der Waals surface area contributed by atoms with E-state index in [-0.39, 0.29) is 18.0 Å². The quantitative estimate of drug-likeness (QED) is 0.724. The second-order valence-corrected chi connectivity index (χ2v) is 7.59. The molecule has 0 saturated heterocycles. The van der Waals surface area contributed by atoms with E-state index >= 15 is 0 Å². The summed E-state index contributed by atoms with van der Waals surface area (Å²) >= 11 is 7.44. The highest BCUT2D eigenvalue weighted by molar-refractivity contribution is 7.20. The summed E-state index contributed by atoms with van der Waals surface area (Å²) in [5.41, 5.74) is 1.28. The minimum absolute atomic E-state index is 0.161. The molecule has 7 nitrogen and oxygen atoms in total. The second kappa shape index (κ2) is 6.86. The number of hydrogen-bond acceptors (Lipinski definition) is 6. The maximum atomic E-state index is 12.7. The van der Waals surface area contributed by atoms with Gasteiger partial charge >= 0.3 is 0 Å². The van der Waals surface area contributed by atoms with Gasteiger partial charge in [-0.15, -0.1) is 11.3 Å². The number of carbonyl (C=O) groups excluding carboxylic acids is 1. The van der Waals surface area contributed by atoms with Crippen LogP contribution >= 0.6 is 22.9 Å². The van der Waals surface area contributed by atoms with Crippen LogP contribution in [-0.2, 0) is 13.6 Å². The summed E-state index contributed by atoms with van der Waals surface area (Å²) in [6, 6.07) is 3.54. The van der Waals surface area contributed by atoms with Crippen molar-refractivity contribution in [3.63, 3.8) is 0 Å². The number of benzene rings is 1. The first kappa shape index (κ1) is 17.8. The van der Waals surface area contributed by atoms with Gasteiger partial charge in [-0.1, -0.05) is 11.6 Å². The zero-order chi connectivity index (χ0) is 19.1. The third-order valence-electron chi connectivity index (χ3n) is 4.33. The van der Waals surface area contributed by atoms with Crippen LogP contribution in [0.25, 0.3) is 10.2 Å². The number of ether oxygens (including phenoxy) is 2. The highest BCUT2D eigenvalue weighted by Gasteiger charge is 2.20. The van der Waals surface area contributed by atoms with E-state index in [1.54, 1.807) is 26.1 Å². The summed E-state index contributed by atoms with van der Waals surface area (Å²) in [5.74, 6) is 0.840. The zero-order valence-corrected chi connectivity index (χ0v) is 16.2. The van der Waals surface area contributed by atoms with Crippen molar-refractivity contribution in [3.8, 4) is 11.5 Å². The first-order valence-corrected chi connectivity index (χ1v) is 9.46. The van der Waals surface area contributed by atoms with Gasteiger partial charge < -0.3 is 19.4 Å². The molecule has 1 N–H and O–H groups in total. The predicted molar refractivity (Wildman–Crippen MR) is 103 cm³/mol. The molecule has 1 aliphatic rings. The number of hydrogen-bond donors (Lipinski definition) is 1. The van der Waals surface area contributed by atoms with E-state index in [1.807, 2.05) is 0 Å². The molecule has 0 aliphatic carbocycles. The lowest BCUT2D eigenvalue weighted by Gasteiger charge is -2.20. The van der Waals surface area contributed by atoms with E-state index in [4.69, 9.17) is 21.1 Å². The van der Waals surface area contributed by atoms with E-state index in [0.29, 0.717) is 50.4 Å². The molecule has 27 heavy (non-hydrogen) atoms. The molecule has 1 amide bonds. The van der Waals surface area contributed by atoms with Crippen molar-refractivity contribution in [3.05, 3.63) is 49.8 Å². The molecule has 0 fully saturated rings. The Balaban J connectivity index is 1.58. The Morgan fingerprint density at radius 1 is 1.37 bits per heavy atom. The largest absolute Gasteiger partial charge is 0.486 e. The molecule has 0 saturated carbocycles. The van der Waals surface area contributed by atoms with Crippen LogP contribution in [0.3, 0.4) is 0 Å². The van der Waals surface area contributed by atoms with Crippen LogP contribution in [0.2, 0.25) is 5.02 Å². The number of nitrogens with one attached hydrogen (secondary N) is 1. The molecule has 140 valence electrons. The van der Waals surface area contributed by atoms with Gasteiger partial charge in [0.25, 0.3) is 11.5 Å². The van der Waals surface area contributed by atoms with Gasteiger partial charge in [-0.25, -0.2) is 4.98 Å². The number of carbonyl (C=O) groups is 1. The van der Waals surface area contributed by atoms with Gasteiger partial charge in [0.15, 0.2) is 11.5 Å². The third kappa shape index (κ3) is 3.15. The molecule has 0 spiro atoms. The van der Waals surface area contributed by atoms with Crippen molar-refractivity contribution < 1.29 is 14.3 Å². The van der Waals surface area contributed by atoms with Crippen molar-refractivity contribution in [2.45, 2.75) is 13.5 Å². The molecule has 2 aromatic heterocycles. The Morgan fingerprint density at radius 3 is 2.96 bits per heavy atom. The van der Waals surface area contributed by atoms with E-state index in [9.17, 15) is 9.59 Å². The molecule has 3 aromatic rings. The van der Waals surface area contributed by atoms with Crippen LogP contribution in [0.15, 0.2) is 23.3 Å². The smallest absolute Gasteiger partial charge is 0.262 e. The maximum absolute atomic E-state index is 12.7. The summed E-state index contributed by atoms with van der Waals surface area (Å²) in [4.78, 5) is 30.2. The van der Waals surface area contributed by atoms with Crippen molar-refractivity contribution in [2.24, 2.45) is 7.05 Å². The third-order valence-corrected chi connectivity index (χ3v) is 5.81. The Morgan fingerprint density at radius 2 is 2.15 bits per heavy atom. The molecule has 0 atom stereocenters. The molecular formula is C18H16ClN3O4S. The summed E-state index contributed by atoms with van der Waals surface area (Å²) < 4.78 is 12.5. The van der Waals surface area contributed by atoms with Crippen LogP contribution in [0.1, 0.15) is 20.8 Å². The van der Waals surface area contributed by atoms with Gasteiger partial charge in [-0.2, -0.15) is 0 Å². The summed E-state index contributed by atoms with van der Waals surface area (Å²) in [6.45, 7) is 2.95. The van der Waals surface area contributed by atoms with Gasteiger partial charge in [0, 0.05) is 13.6 Å². The normalized spacial score (nSPS) is 13.0. The number of fused-ring (bicyclic) bond motifs is 2. The van der Waals surface area contributed by atoms with Gasteiger partial charge in [-0.05, 0) is 30.2 Å². The first-order chi connectivity index (χ1) is 13.0. The molecule has 1 aromatic carbocycles. The monoisotopic (exact) mass is 405 g/mol. The molecule has 3 heterocycles. The van der Waals surface area contributed by atoms with Gasteiger partial charge in [0.05, 0.1) is 21.6 Å². The molecule has 0 bridgehead atoms. The maximum Gasteiger partial charge on any atom is 0.262 e. The number of halogens is 1. The van der Waals surface area contributed by atoms with Crippen LogP contribution in [0.4, 0.5) is 0 Å². The number of aromatic nitrogens is 2. The van der Waals surface area contributed by atoms with Gasteiger partial charge in [0.1, 0.15) is 18.0 Å². The van der Waals surface area contributed by atoms with E-state index in [1.165, 1.54) is 22.2 Å². The molecule has 0 unspecified atom stereocenters. The Kier molecular flexibility index (Phi) is 4.53. The minimum Gasteiger partial charge on any atom is -0.486 e. The average Bonchev–Trinajstić information content (AvgIpc) is 3.00. The van der Waals surface area contributed by atoms with Crippen molar-refractivity contribution in [1.29, 1.82) is 0 Å². The highest BCUT2D eigenvalue weighted by atomic mass is 35.5. The Labute approximate surface area is 163 Å². The summed E-state index contributed by atoms with van der Waals surface area (Å²) in [7, 11) is 1.64. The van der Waals surface area contributed by atoms with Crippen LogP contribution < -0.4 is 20.3 Å². The average molecular weight is 406 g/mol. The fourth-order valence-corrected chi connectivity index (χ4v) is 4.30. The Hall–Kier alpha value is -2.58. The Bertz CT molecular complexity index is 1120. The predicted octanol–water partition coefficient (Wildman–Crippen LogP) is 2.66. The number of nitrogens with zero attached hydrogens (tertiary/aromatic N) is 2. The topological polar surface area (TPSA) is 82.4 Å². The summed E-state index contributed by atoms with van der Waals surface area (Å²) in [6.07, 6.45) is 1.46. The fraction of sp³-hybridized carbons (Fsp3) is 0.278. The minimum atomic E-state index is -0.261. The van der Waals surface area contributed by atoms with Gasteiger partial charge in [-0.3, -0.25) is 9.59 Å². The molecule has 1 aliphatic heterocycles. The SMILES string of the molecule is Cc1c(C(=O)NCc2cc(Cl)c3c(c2)OCCO3)sc2ncn(C)c(=O)c12. The van der Waals surface area contributed by atoms with E-state index in [0.717, 1.165) is 5.56 Å².